The summed E-state index contributed by atoms with van der Waals surface area (Å²) in [5.74, 6) is 2.04. The molecule has 1 N–H and O–H groups in total. The van der Waals surface area contributed by atoms with E-state index in [2.05, 4.69) is 51.2 Å². The van der Waals surface area contributed by atoms with E-state index in [9.17, 15) is 0 Å². The first kappa shape index (κ1) is 10.5. The molecule has 1 heterocycles. The van der Waals surface area contributed by atoms with Crippen LogP contribution in [0, 0.1) is 5.92 Å². The van der Waals surface area contributed by atoms with Crippen molar-refractivity contribution in [3.63, 3.8) is 0 Å². The highest BCUT2D eigenvalue weighted by molar-refractivity contribution is 5.59. The van der Waals surface area contributed by atoms with E-state index in [-0.39, 0.29) is 0 Å². The number of anilines is 1. The lowest BCUT2D eigenvalue weighted by Crippen LogP contribution is -2.08. The molecule has 1 nitrogen and oxygen atoms in total. The van der Waals surface area contributed by atoms with Gasteiger partial charge in [0, 0.05) is 18.2 Å². The molecule has 1 aromatic carbocycles. The van der Waals surface area contributed by atoms with Crippen LogP contribution in [0.3, 0.4) is 0 Å². The van der Waals surface area contributed by atoms with E-state index in [1.807, 2.05) is 0 Å². The molecule has 0 aliphatic carbocycles. The zero-order valence-corrected chi connectivity index (χ0v) is 10.2. The average Bonchev–Trinajstić information content (AvgIpc) is 2.59. The molecule has 1 aromatic rings. The first-order valence-corrected chi connectivity index (χ1v) is 5.97. The highest BCUT2D eigenvalue weighted by atomic mass is 14.9. The topological polar surface area (TPSA) is 12.0 Å². The van der Waals surface area contributed by atoms with Crippen LogP contribution in [-0.2, 0) is 0 Å². The van der Waals surface area contributed by atoms with Gasteiger partial charge in [0.2, 0.25) is 0 Å². The van der Waals surface area contributed by atoms with Crippen LogP contribution >= 0.6 is 0 Å². The van der Waals surface area contributed by atoms with Crippen LogP contribution in [0.2, 0.25) is 0 Å². The molecule has 0 saturated carbocycles. The highest BCUT2D eigenvalue weighted by Crippen LogP contribution is 2.37. The minimum Gasteiger partial charge on any atom is -0.384 e. The standard InChI is InChI=1S/C14H21N/c1-9(2)11-5-6-12-13(10(3)4)8-15-14(12)7-11/h5-7,9-10,13,15H,8H2,1-4H3. The molecule has 1 atom stereocenters. The maximum absolute atomic E-state index is 3.53. The molecule has 1 unspecified atom stereocenters. The summed E-state index contributed by atoms with van der Waals surface area (Å²) in [6.45, 7) is 10.2. The average molecular weight is 203 g/mol. The van der Waals surface area contributed by atoms with Crippen LogP contribution in [-0.4, -0.2) is 6.54 Å². The number of hydrogen-bond donors (Lipinski definition) is 1. The SMILES string of the molecule is CC(C)c1ccc2c(c1)NCC2C(C)C. The summed E-state index contributed by atoms with van der Waals surface area (Å²) in [6.07, 6.45) is 0. The van der Waals surface area contributed by atoms with Crippen molar-refractivity contribution in [2.24, 2.45) is 5.92 Å². The lowest BCUT2D eigenvalue weighted by atomic mass is 9.89. The third kappa shape index (κ3) is 1.88. The van der Waals surface area contributed by atoms with Crippen molar-refractivity contribution in [3.8, 4) is 0 Å². The molecule has 0 bridgehead atoms. The van der Waals surface area contributed by atoms with Crippen LogP contribution in [0.1, 0.15) is 50.7 Å². The molecule has 15 heavy (non-hydrogen) atoms. The number of rotatable bonds is 2. The van der Waals surface area contributed by atoms with Gasteiger partial charge in [-0.05, 0) is 29.0 Å². The van der Waals surface area contributed by atoms with Crippen LogP contribution in [0.15, 0.2) is 18.2 Å². The molecule has 1 heteroatoms. The van der Waals surface area contributed by atoms with E-state index < -0.39 is 0 Å². The minimum atomic E-state index is 0.621. The van der Waals surface area contributed by atoms with Crippen molar-refractivity contribution in [1.82, 2.24) is 0 Å². The lowest BCUT2D eigenvalue weighted by Gasteiger charge is -2.14. The van der Waals surface area contributed by atoms with Gasteiger partial charge in [-0.3, -0.25) is 0 Å². The van der Waals surface area contributed by atoms with E-state index in [4.69, 9.17) is 0 Å². The van der Waals surface area contributed by atoms with Gasteiger partial charge in [-0.25, -0.2) is 0 Å². The van der Waals surface area contributed by atoms with Crippen molar-refractivity contribution in [1.29, 1.82) is 0 Å². The van der Waals surface area contributed by atoms with Crippen LogP contribution < -0.4 is 5.32 Å². The summed E-state index contributed by atoms with van der Waals surface area (Å²) in [5.41, 5.74) is 4.31. The molecule has 0 saturated heterocycles. The molecule has 0 spiro atoms. The number of hydrogen-bond acceptors (Lipinski definition) is 1. The second-order valence-electron chi connectivity index (χ2n) is 5.23. The third-order valence-corrected chi connectivity index (χ3v) is 3.46. The second-order valence-corrected chi connectivity index (χ2v) is 5.23. The zero-order chi connectivity index (χ0) is 11.0. The molecule has 1 aliphatic heterocycles. The van der Waals surface area contributed by atoms with E-state index in [1.54, 1.807) is 0 Å². The van der Waals surface area contributed by atoms with Gasteiger partial charge >= 0.3 is 0 Å². The summed E-state index contributed by atoms with van der Waals surface area (Å²) in [4.78, 5) is 0. The van der Waals surface area contributed by atoms with Gasteiger partial charge in [0.1, 0.15) is 0 Å². The Morgan fingerprint density at radius 3 is 2.53 bits per heavy atom. The zero-order valence-electron chi connectivity index (χ0n) is 10.2. The number of benzene rings is 1. The summed E-state index contributed by atoms with van der Waals surface area (Å²) >= 11 is 0. The minimum absolute atomic E-state index is 0.621. The molecular weight excluding hydrogens is 182 g/mol. The second kappa shape index (κ2) is 3.88. The quantitative estimate of drug-likeness (QED) is 0.766. The van der Waals surface area contributed by atoms with Crippen molar-refractivity contribution in [2.45, 2.75) is 39.5 Å². The Kier molecular flexibility index (Phi) is 2.72. The number of fused-ring (bicyclic) bond motifs is 1. The number of nitrogens with one attached hydrogen (secondary N) is 1. The molecule has 0 aromatic heterocycles. The van der Waals surface area contributed by atoms with Gasteiger partial charge in [-0.2, -0.15) is 0 Å². The maximum Gasteiger partial charge on any atom is 0.0379 e. The Morgan fingerprint density at radius 1 is 1.20 bits per heavy atom. The molecule has 0 radical (unpaired) electrons. The smallest absolute Gasteiger partial charge is 0.0379 e. The fourth-order valence-corrected chi connectivity index (χ4v) is 2.33. The van der Waals surface area contributed by atoms with Crippen molar-refractivity contribution < 1.29 is 0 Å². The predicted molar refractivity (Wildman–Crippen MR) is 66.6 cm³/mol. The van der Waals surface area contributed by atoms with Gasteiger partial charge in [-0.1, -0.05) is 39.8 Å². The lowest BCUT2D eigenvalue weighted by molar-refractivity contribution is 0.533. The molecule has 82 valence electrons. The van der Waals surface area contributed by atoms with E-state index in [1.165, 1.54) is 16.8 Å². The first-order chi connectivity index (χ1) is 7.09. The third-order valence-electron chi connectivity index (χ3n) is 3.46. The van der Waals surface area contributed by atoms with Gasteiger partial charge < -0.3 is 5.32 Å². The van der Waals surface area contributed by atoms with Crippen LogP contribution in [0.5, 0.6) is 0 Å². The first-order valence-electron chi connectivity index (χ1n) is 5.97. The molecule has 0 amide bonds. The highest BCUT2D eigenvalue weighted by Gasteiger charge is 2.24. The Morgan fingerprint density at radius 2 is 1.93 bits per heavy atom. The predicted octanol–water partition coefficient (Wildman–Crippen LogP) is 3.98. The monoisotopic (exact) mass is 203 g/mol. The van der Waals surface area contributed by atoms with E-state index in [0.717, 1.165) is 12.5 Å². The summed E-state index contributed by atoms with van der Waals surface area (Å²) in [7, 11) is 0. The van der Waals surface area contributed by atoms with Crippen molar-refractivity contribution in [2.75, 3.05) is 11.9 Å². The Bertz CT molecular complexity index is 352. The summed E-state index contributed by atoms with van der Waals surface area (Å²) < 4.78 is 0. The van der Waals surface area contributed by atoms with E-state index in [0.29, 0.717) is 11.8 Å². The van der Waals surface area contributed by atoms with Gasteiger partial charge in [0.25, 0.3) is 0 Å². The van der Waals surface area contributed by atoms with Crippen LogP contribution in [0.4, 0.5) is 5.69 Å². The summed E-state index contributed by atoms with van der Waals surface area (Å²) in [6, 6.07) is 6.92. The Balaban J connectivity index is 2.33. The molecule has 2 rings (SSSR count). The van der Waals surface area contributed by atoms with Gasteiger partial charge in [0.05, 0.1) is 0 Å². The molecular formula is C14H21N. The van der Waals surface area contributed by atoms with Crippen LogP contribution in [0.25, 0.3) is 0 Å². The Labute approximate surface area is 92.9 Å². The normalized spacial score (nSPS) is 19.5. The fourth-order valence-electron chi connectivity index (χ4n) is 2.33. The summed E-state index contributed by atoms with van der Waals surface area (Å²) in [5, 5.41) is 3.53. The molecule has 1 aliphatic rings. The van der Waals surface area contributed by atoms with Gasteiger partial charge in [-0.15, -0.1) is 0 Å². The fraction of sp³-hybridized carbons (Fsp3) is 0.571. The Hall–Kier alpha value is -0.980. The largest absolute Gasteiger partial charge is 0.384 e. The molecule has 0 fully saturated rings. The maximum atomic E-state index is 3.53. The van der Waals surface area contributed by atoms with Gasteiger partial charge in [0.15, 0.2) is 0 Å². The van der Waals surface area contributed by atoms with Crippen molar-refractivity contribution in [3.05, 3.63) is 29.3 Å². The van der Waals surface area contributed by atoms with E-state index >= 15 is 0 Å². The van der Waals surface area contributed by atoms with Crippen molar-refractivity contribution >= 4 is 5.69 Å².